The number of halogens is 1. The van der Waals surface area contributed by atoms with Gasteiger partial charge in [-0.2, -0.15) is 5.26 Å². The minimum Gasteiger partial charge on any atom is -0.379 e. The van der Waals surface area contributed by atoms with E-state index in [0.717, 1.165) is 49.0 Å². The number of hydrogen-bond acceptors (Lipinski definition) is 3. The van der Waals surface area contributed by atoms with Gasteiger partial charge in [-0.05, 0) is 17.2 Å². The van der Waals surface area contributed by atoms with E-state index in [2.05, 4.69) is 11.0 Å². The lowest BCUT2D eigenvalue weighted by molar-refractivity contribution is 0.0342. The van der Waals surface area contributed by atoms with Crippen LogP contribution in [-0.2, 0) is 17.7 Å². The van der Waals surface area contributed by atoms with Crippen LogP contribution < -0.4 is 0 Å². The number of benzene rings is 1. The lowest BCUT2D eigenvalue weighted by Crippen LogP contribution is -2.35. The normalized spacial score (nSPS) is 16.7. The third kappa shape index (κ3) is 3.44. The first kappa shape index (κ1) is 12.4. The highest BCUT2D eigenvalue weighted by atomic mass is 35.5. The number of morpholine rings is 1. The van der Waals surface area contributed by atoms with E-state index in [4.69, 9.17) is 21.6 Å². The predicted molar refractivity (Wildman–Crippen MR) is 66.9 cm³/mol. The second kappa shape index (κ2) is 6.02. The second-order valence-electron chi connectivity index (χ2n) is 4.15. The van der Waals surface area contributed by atoms with Gasteiger partial charge in [0.1, 0.15) is 0 Å². The standard InChI is InChI=1S/C13H15ClN2O/c14-13-9-11(3-4-15)1-2-12(13)10-16-5-7-17-8-6-16/h1-2,9H,3,5-8,10H2. The van der Waals surface area contributed by atoms with E-state index in [-0.39, 0.29) is 0 Å². The fraction of sp³-hybridized carbons (Fsp3) is 0.462. The molecule has 0 radical (unpaired) electrons. The molecule has 1 aromatic rings. The molecule has 4 heteroatoms. The monoisotopic (exact) mass is 250 g/mol. The Morgan fingerprint density at radius 2 is 2.12 bits per heavy atom. The largest absolute Gasteiger partial charge is 0.379 e. The molecule has 1 fully saturated rings. The van der Waals surface area contributed by atoms with Gasteiger partial charge in [-0.15, -0.1) is 0 Å². The third-order valence-corrected chi connectivity index (χ3v) is 3.25. The summed E-state index contributed by atoms with van der Waals surface area (Å²) in [7, 11) is 0. The van der Waals surface area contributed by atoms with E-state index in [9.17, 15) is 0 Å². The molecule has 0 aromatic heterocycles. The summed E-state index contributed by atoms with van der Waals surface area (Å²) in [6, 6.07) is 8.01. The average Bonchev–Trinajstić information content (AvgIpc) is 2.34. The summed E-state index contributed by atoms with van der Waals surface area (Å²) in [5.41, 5.74) is 2.10. The van der Waals surface area contributed by atoms with Crippen molar-refractivity contribution in [2.24, 2.45) is 0 Å². The van der Waals surface area contributed by atoms with Crippen LogP contribution in [0.1, 0.15) is 11.1 Å². The first-order valence-corrected chi connectivity index (χ1v) is 6.12. The van der Waals surface area contributed by atoms with Gasteiger partial charge in [0.2, 0.25) is 0 Å². The van der Waals surface area contributed by atoms with Crippen molar-refractivity contribution in [2.75, 3.05) is 26.3 Å². The van der Waals surface area contributed by atoms with Gasteiger partial charge in [0.15, 0.2) is 0 Å². The lowest BCUT2D eigenvalue weighted by Gasteiger charge is -2.26. The summed E-state index contributed by atoms with van der Waals surface area (Å²) in [6.07, 6.45) is 0.414. The predicted octanol–water partition coefficient (Wildman–Crippen LogP) is 2.24. The van der Waals surface area contributed by atoms with Crippen molar-refractivity contribution < 1.29 is 4.74 Å². The molecule has 1 aliphatic heterocycles. The van der Waals surface area contributed by atoms with E-state index in [1.54, 1.807) is 0 Å². The smallest absolute Gasteiger partial charge is 0.0669 e. The molecule has 0 saturated carbocycles. The minimum atomic E-state index is 0.414. The molecular formula is C13H15ClN2O. The Morgan fingerprint density at radius 1 is 1.35 bits per heavy atom. The highest BCUT2D eigenvalue weighted by molar-refractivity contribution is 6.31. The zero-order valence-electron chi connectivity index (χ0n) is 9.66. The molecule has 0 amide bonds. The zero-order valence-corrected chi connectivity index (χ0v) is 10.4. The summed E-state index contributed by atoms with van der Waals surface area (Å²) < 4.78 is 5.31. The molecule has 0 atom stereocenters. The molecule has 0 aliphatic carbocycles. The van der Waals surface area contributed by atoms with Crippen LogP contribution in [0, 0.1) is 11.3 Å². The molecular weight excluding hydrogens is 236 g/mol. The quantitative estimate of drug-likeness (QED) is 0.826. The molecule has 90 valence electrons. The van der Waals surface area contributed by atoms with Crippen LogP contribution >= 0.6 is 11.6 Å². The summed E-state index contributed by atoms with van der Waals surface area (Å²) in [4.78, 5) is 2.33. The van der Waals surface area contributed by atoms with Gasteiger partial charge < -0.3 is 4.74 Å². The van der Waals surface area contributed by atoms with Crippen LogP contribution in [-0.4, -0.2) is 31.2 Å². The van der Waals surface area contributed by atoms with Gasteiger partial charge >= 0.3 is 0 Å². The Hall–Kier alpha value is -1.08. The van der Waals surface area contributed by atoms with Crippen molar-refractivity contribution in [1.82, 2.24) is 4.90 Å². The van der Waals surface area contributed by atoms with E-state index in [0.29, 0.717) is 6.42 Å². The number of nitrogens with zero attached hydrogens (tertiary/aromatic N) is 2. The maximum Gasteiger partial charge on any atom is 0.0669 e. The number of rotatable bonds is 3. The molecule has 0 unspecified atom stereocenters. The molecule has 0 N–H and O–H groups in total. The maximum atomic E-state index is 8.63. The topological polar surface area (TPSA) is 36.3 Å². The summed E-state index contributed by atoms with van der Waals surface area (Å²) in [6.45, 7) is 4.36. The van der Waals surface area contributed by atoms with Crippen molar-refractivity contribution in [3.8, 4) is 6.07 Å². The highest BCUT2D eigenvalue weighted by Crippen LogP contribution is 2.20. The van der Waals surface area contributed by atoms with E-state index >= 15 is 0 Å². The van der Waals surface area contributed by atoms with Crippen molar-refractivity contribution in [1.29, 1.82) is 5.26 Å². The molecule has 0 spiro atoms. The van der Waals surface area contributed by atoms with Crippen molar-refractivity contribution in [3.05, 3.63) is 34.3 Å². The van der Waals surface area contributed by atoms with E-state index in [1.807, 2.05) is 18.2 Å². The Kier molecular flexibility index (Phi) is 4.38. The molecule has 1 heterocycles. The van der Waals surface area contributed by atoms with Gasteiger partial charge in [-0.3, -0.25) is 4.90 Å². The van der Waals surface area contributed by atoms with E-state index in [1.165, 1.54) is 0 Å². The molecule has 1 saturated heterocycles. The maximum absolute atomic E-state index is 8.63. The highest BCUT2D eigenvalue weighted by Gasteiger charge is 2.12. The molecule has 0 bridgehead atoms. The van der Waals surface area contributed by atoms with Gasteiger partial charge in [0.25, 0.3) is 0 Å². The lowest BCUT2D eigenvalue weighted by atomic mass is 10.1. The average molecular weight is 251 g/mol. The molecule has 1 aromatic carbocycles. The van der Waals surface area contributed by atoms with Crippen LogP contribution in [0.15, 0.2) is 18.2 Å². The first-order chi connectivity index (χ1) is 8.29. The van der Waals surface area contributed by atoms with Gasteiger partial charge in [-0.1, -0.05) is 23.7 Å². The molecule has 2 rings (SSSR count). The fourth-order valence-corrected chi connectivity index (χ4v) is 2.18. The van der Waals surface area contributed by atoms with Crippen molar-refractivity contribution in [2.45, 2.75) is 13.0 Å². The Bertz CT molecular complexity index is 422. The van der Waals surface area contributed by atoms with Crippen molar-refractivity contribution in [3.63, 3.8) is 0 Å². The van der Waals surface area contributed by atoms with Crippen LogP contribution in [0.3, 0.4) is 0 Å². The summed E-state index contributed by atoms with van der Waals surface area (Å²) in [5, 5.41) is 9.38. The minimum absolute atomic E-state index is 0.414. The van der Waals surface area contributed by atoms with Gasteiger partial charge in [-0.25, -0.2) is 0 Å². The Morgan fingerprint density at radius 3 is 2.76 bits per heavy atom. The third-order valence-electron chi connectivity index (χ3n) is 2.90. The molecule has 3 nitrogen and oxygen atoms in total. The van der Waals surface area contributed by atoms with Crippen LogP contribution in [0.25, 0.3) is 0 Å². The second-order valence-corrected chi connectivity index (χ2v) is 4.56. The SMILES string of the molecule is N#CCc1ccc(CN2CCOCC2)c(Cl)c1. The van der Waals surface area contributed by atoms with Crippen LogP contribution in [0.5, 0.6) is 0 Å². The zero-order chi connectivity index (χ0) is 12.1. The van der Waals surface area contributed by atoms with Crippen molar-refractivity contribution >= 4 is 11.6 Å². The molecule has 17 heavy (non-hydrogen) atoms. The van der Waals surface area contributed by atoms with Crippen LogP contribution in [0.2, 0.25) is 5.02 Å². The Balaban J connectivity index is 2.03. The van der Waals surface area contributed by atoms with Gasteiger partial charge in [0.05, 0.1) is 25.7 Å². The van der Waals surface area contributed by atoms with Gasteiger partial charge in [0, 0.05) is 24.7 Å². The summed E-state index contributed by atoms with van der Waals surface area (Å²) in [5.74, 6) is 0. The Labute approximate surface area is 107 Å². The molecule has 1 aliphatic rings. The number of hydrogen-bond donors (Lipinski definition) is 0. The number of ether oxygens (including phenoxy) is 1. The van der Waals surface area contributed by atoms with E-state index < -0.39 is 0 Å². The first-order valence-electron chi connectivity index (χ1n) is 5.74. The fourth-order valence-electron chi connectivity index (χ4n) is 1.92. The summed E-state index contributed by atoms with van der Waals surface area (Å²) >= 11 is 6.22. The van der Waals surface area contributed by atoms with Crippen LogP contribution in [0.4, 0.5) is 0 Å². The number of nitriles is 1.